The number of alkyl halides is 1. The molecule has 1 aliphatic heterocycles. The van der Waals surface area contributed by atoms with E-state index in [1.807, 2.05) is 30.3 Å². The monoisotopic (exact) mass is 343 g/mol. The lowest BCUT2D eigenvalue weighted by Crippen LogP contribution is -2.39. The standard InChI is InChI=1S/C13H14ClN3O2S2/c14-8-11(18)19-9-16-6-7-17(13(16)21)12(20)15-10-4-2-1-3-5-10/h1-5H,6-9H2,(H,15,20). The van der Waals surface area contributed by atoms with Crippen molar-refractivity contribution in [3.63, 3.8) is 0 Å². The van der Waals surface area contributed by atoms with Crippen LogP contribution in [0.15, 0.2) is 30.3 Å². The molecule has 1 fully saturated rings. The van der Waals surface area contributed by atoms with Gasteiger partial charge in [-0.15, -0.1) is 11.6 Å². The molecule has 0 radical (unpaired) electrons. The van der Waals surface area contributed by atoms with Crippen LogP contribution in [0.1, 0.15) is 0 Å². The quantitative estimate of drug-likeness (QED) is 0.510. The molecule has 1 N–H and O–H groups in total. The Morgan fingerprint density at radius 3 is 2.71 bits per heavy atom. The molecule has 21 heavy (non-hydrogen) atoms. The molecule has 0 saturated carbocycles. The minimum absolute atomic E-state index is 0.0921. The van der Waals surface area contributed by atoms with Gasteiger partial charge in [0.15, 0.2) is 17.0 Å². The smallest absolute Gasteiger partial charge is 0.322 e. The third-order valence-electron chi connectivity index (χ3n) is 2.86. The largest absolute Gasteiger partial charge is 0.443 e. The minimum atomic E-state index is -0.470. The number of hydrogen-bond acceptors (Lipinski definition) is 4. The molecule has 0 aliphatic carbocycles. The molecule has 1 aliphatic rings. The molecule has 0 amide bonds. The second kappa shape index (κ2) is 7.53. The van der Waals surface area contributed by atoms with Crippen LogP contribution < -0.4 is 5.32 Å². The Bertz CT molecular complexity index is 541. The first-order valence-electron chi connectivity index (χ1n) is 6.26. The Morgan fingerprint density at radius 1 is 1.33 bits per heavy atom. The minimum Gasteiger partial charge on any atom is -0.443 e. The van der Waals surface area contributed by atoms with Crippen LogP contribution in [0.2, 0.25) is 0 Å². The van der Waals surface area contributed by atoms with E-state index in [1.165, 1.54) is 0 Å². The summed E-state index contributed by atoms with van der Waals surface area (Å²) in [4.78, 5) is 14.6. The molecular formula is C13H14ClN3O2S2. The maximum absolute atomic E-state index is 11.1. The highest BCUT2D eigenvalue weighted by atomic mass is 35.5. The number of rotatable bonds is 4. The van der Waals surface area contributed by atoms with E-state index >= 15 is 0 Å². The fourth-order valence-electron chi connectivity index (χ4n) is 1.79. The summed E-state index contributed by atoms with van der Waals surface area (Å²) in [6.07, 6.45) is 0. The average molecular weight is 344 g/mol. The lowest BCUT2D eigenvalue weighted by Gasteiger charge is -2.22. The van der Waals surface area contributed by atoms with E-state index < -0.39 is 5.97 Å². The van der Waals surface area contributed by atoms with Crippen molar-refractivity contribution < 1.29 is 9.53 Å². The van der Waals surface area contributed by atoms with Crippen molar-refractivity contribution in [2.75, 3.05) is 31.0 Å². The third-order valence-corrected chi connectivity index (χ3v) is 3.87. The Hall–Kier alpha value is -1.44. The van der Waals surface area contributed by atoms with Crippen LogP contribution in [0.4, 0.5) is 5.69 Å². The zero-order valence-electron chi connectivity index (χ0n) is 11.1. The van der Waals surface area contributed by atoms with E-state index in [4.69, 9.17) is 40.8 Å². The van der Waals surface area contributed by atoms with Gasteiger partial charge < -0.3 is 15.0 Å². The van der Waals surface area contributed by atoms with Crippen LogP contribution in [-0.4, -0.2) is 51.7 Å². The first-order chi connectivity index (χ1) is 10.1. The Balaban J connectivity index is 1.89. The zero-order chi connectivity index (χ0) is 15.2. The van der Waals surface area contributed by atoms with Crippen LogP contribution in [0.25, 0.3) is 0 Å². The van der Waals surface area contributed by atoms with E-state index in [0.29, 0.717) is 23.3 Å². The predicted molar refractivity (Wildman–Crippen MR) is 90.4 cm³/mol. The Labute approximate surface area is 138 Å². The molecule has 1 heterocycles. The number of halogens is 1. The molecule has 1 aromatic rings. The highest BCUT2D eigenvalue weighted by Gasteiger charge is 2.28. The SMILES string of the molecule is O=C(CCl)OCN1CCN(C(=S)Nc2ccccc2)C1=S. The van der Waals surface area contributed by atoms with Gasteiger partial charge in [0.05, 0.1) is 0 Å². The molecular weight excluding hydrogens is 330 g/mol. The summed E-state index contributed by atoms with van der Waals surface area (Å²) < 4.78 is 4.97. The molecule has 0 aromatic heterocycles. The normalized spacial score (nSPS) is 14.2. The molecule has 8 heteroatoms. The van der Waals surface area contributed by atoms with Crippen molar-refractivity contribution in [1.82, 2.24) is 9.80 Å². The number of ether oxygens (including phenoxy) is 1. The number of thiocarbonyl (C=S) groups is 2. The fraction of sp³-hybridized carbons (Fsp3) is 0.308. The van der Waals surface area contributed by atoms with Crippen LogP contribution >= 0.6 is 36.0 Å². The first kappa shape index (κ1) is 15.9. The highest BCUT2D eigenvalue weighted by molar-refractivity contribution is 7.82. The van der Waals surface area contributed by atoms with E-state index in [0.717, 1.165) is 5.69 Å². The molecule has 2 rings (SSSR count). The van der Waals surface area contributed by atoms with Crippen molar-refractivity contribution in [2.45, 2.75) is 0 Å². The van der Waals surface area contributed by atoms with Crippen molar-refractivity contribution in [3.05, 3.63) is 30.3 Å². The van der Waals surface area contributed by atoms with Crippen molar-refractivity contribution in [2.24, 2.45) is 0 Å². The summed E-state index contributed by atoms with van der Waals surface area (Å²) >= 11 is 16.1. The maximum atomic E-state index is 11.1. The molecule has 0 bridgehead atoms. The maximum Gasteiger partial charge on any atom is 0.322 e. The van der Waals surface area contributed by atoms with Crippen molar-refractivity contribution in [1.29, 1.82) is 0 Å². The first-order valence-corrected chi connectivity index (χ1v) is 7.61. The van der Waals surface area contributed by atoms with Crippen LogP contribution in [0, 0.1) is 0 Å². The summed E-state index contributed by atoms with van der Waals surface area (Å²) in [5.74, 6) is -0.638. The van der Waals surface area contributed by atoms with Crippen LogP contribution in [-0.2, 0) is 9.53 Å². The number of para-hydroxylation sites is 1. The van der Waals surface area contributed by atoms with Gasteiger partial charge in [-0.05, 0) is 36.6 Å². The second-order valence-corrected chi connectivity index (χ2v) is 5.29. The van der Waals surface area contributed by atoms with Gasteiger partial charge in [0, 0.05) is 18.8 Å². The lowest BCUT2D eigenvalue weighted by molar-refractivity contribution is -0.143. The molecule has 0 atom stereocenters. The van der Waals surface area contributed by atoms with E-state index in [1.54, 1.807) is 9.80 Å². The van der Waals surface area contributed by atoms with Gasteiger partial charge in [-0.1, -0.05) is 18.2 Å². The van der Waals surface area contributed by atoms with Crippen molar-refractivity contribution >= 4 is 57.9 Å². The lowest BCUT2D eigenvalue weighted by atomic mass is 10.3. The predicted octanol–water partition coefficient (Wildman–Crippen LogP) is 2.03. The molecule has 1 aromatic carbocycles. The van der Waals surface area contributed by atoms with E-state index in [2.05, 4.69) is 5.32 Å². The summed E-state index contributed by atoms with van der Waals surface area (Å²) in [6, 6.07) is 9.62. The number of carbonyl (C=O) groups excluding carboxylic acids is 1. The van der Waals surface area contributed by atoms with Gasteiger partial charge in [-0.2, -0.15) is 0 Å². The molecule has 5 nitrogen and oxygen atoms in total. The zero-order valence-corrected chi connectivity index (χ0v) is 13.5. The number of anilines is 1. The van der Waals surface area contributed by atoms with E-state index in [-0.39, 0.29) is 12.6 Å². The van der Waals surface area contributed by atoms with E-state index in [9.17, 15) is 4.79 Å². The summed E-state index contributed by atoms with van der Waals surface area (Å²) in [5, 5.41) is 4.18. The number of nitrogens with zero attached hydrogens (tertiary/aromatic N) is 2. The van der Waals surface area contributed by atoms with Gasteiger partial charge in [-0.25, -0.2) is 0 Å². The number of carbonyl (C=O) groups is 1. The van der Waals surface area contributed by atoms with Gasteiger partial charge in [0.2, 0.25) is 0 Å². The Morgan fingerprint density at radius 2 is 2.05 bits per heavy atom. The summed E-state index contributed by atoms with van der Waals surface area (Å²) in [6.45, 7) is 1.38. The topological polar surface area (TPSA) is 44.8 Å². The number of hydrogen-bond donors (Lipinski definition) is 1. The number of esters is 1. The highest BCUT2D eigenvalue weighted by Crippen LogP contribution is 2.13. The fourth-order valence-corrected chi connectivity index (χ4v) is 2.55. The van der Waals surface area contributed by atoms with Crippen LogP contribution in [0.5, 0.6) is 0 Å². The van der Waals surface area contributed by atoms with Gasteiger partial charge in [0.1, 0.15) is 5.88 Å². The molecule has 0 unspecified atom stereocenters. The third kappa shape index (κ3) is 4.26. The molecule has 0 spiro atoms. The number of benzene rings is 1. The number of nitrogens with one attached hydrogen (secondary N) is 1. The molecule has 112 valence electrons. The Kier molecular flexibility index (Phi) is 5.72. The second-order valence-electron chi connectivity index (χ2n) is 4.27. The molecule has 1 saturated heterocycles. The summed E-state index contributed by atoms with van der Waals surface area (Å²) in [7, 11) is 0. The van der Waals surface area contributed by atoms with Gasteiger partial charge in [-0.3, -0.25) is 9.69 Å². The van der Waals surface area contributed by atoms with Gasteiger partial charge >= 0.3 is 5.97 Å². The average Bonchev–Trinajstić information content (AvgIpc) is 2.87. The van der Waals surface area contributed by atoms with Crippen molar-refractivity contribution in [3.8, 4) is 0 Å². The summed E-state index contributed by atoms with van der Waals surface area (Å²) in [5.41, 5.74) is 0.900. The van der Waals surface area contributed by atoms with Crippen LogP contribution in [0.3, 0.4) is 0 Å². The van der Waals surface area contributed by atoms with Gasteiger partial charge in [0.25, 0.3) is 0 Å².